The normalized spacial score (nSPS) is 10.3. The molecule has 0 fully saturated rings. The number of allylic oxidation sites excluding steroid dienone is 2. The van der Waals surface area contributed by atoms with E-state index in [1.807, 2.05) is 66.6 Å². The van der Waals surface area contributed by atoms with Crippen LogP contribution in [0.25, 0.3) is 6.08 Å². The summed E-state index contributed by atoms with van der Waals surface area (Å²) in [5.74, 6) is 2.02. The summed E-state index contributed by atoms with van der Waals surface area (Å²) in [7, 11) is 0. The van der Waals surface area contributed by atoms with Crippen LogP contribution in [0.3, 0.4) is 0 Å². The topological polar surface area (TPSA) is 17.1 Å². The lowest BCUT2D eigenvalue weighted by Crippen LogP contribution is -1.87. The quantitative estimate of drug-likeness (QED) is 0.575. The molecule has 0 radical (unpaired) electrons. The number of carbonyl (C=O) groups excluding carboxylic acids is 1. The van der Waals surface area contributed by atoms with E-state index in [1.165, 1.54) is 5.56 Å². The fraction of sp³-hybridized carbons (Fsp3) is 0.111. The Labute approximate surface area is 113 Å². The molecule has 2 aromatic carbocycles. The van der Waals surface area contributed by atoms with E-state index in [0.29, 0.717) is 5.57 Å². The van der Waals surface area contributed by atoms with Crippen LogP contribution >= 0.6 is 0 Å². The van der Waals surface area contributed by atoms with Crippen LogP contribution in [-0.4, -0.2) is 5.94 Å². The molecule has 0 N–H and O–H groups in total. The van der Waals surface area contributed by atoms with E-state index >= 15 is 0 Å². The highest BCUT2D eigenvalue weighted by molar-refractivity contribution is 5.63. The van der Waals surface area contributed by atoms with Gasteiger partial charge < -0.3 is 0 Å². The predicted octanol–water partition coefficient (Wildman–Crippen LogP) is 4.09. The second-order valence-electron chi connectivity index (χ2n) is 4.36. The first kappa shape index (κ1) is 13.1. The molecule has 0 aromatic heterocycles. The highest BCUT2D eigenvalue weighted by atomic mass is 16.1. The fourth-order valence-electron chi connectivity index (χ4n) is 1.85. The van der Waals surface area contributed by atoms with Crippen molar-refractivity contribution in [3.63, 3.8) is 0 Å². The van der Waals surface area contributed by atoms with E-state index in [-0.39, 0.29) is 0 Å². The molecule has 0 saturated carbocycles. The average Bonchev–Trinajstić information content (AvgIpc) is 2.49. The molecule has 94 valence electrons. The van der Waals surface area contributed by atoms with Gasteiger partial charge in [-0.05, 0) is 30.0 Å². The number of hydrogen-bond donors (Lipinski definition) is 0. The maximum absolute atomic E-state index is 10.9. The van der Waals surface area contributed by atoms with Crippen molar-refractivity contribution in [1.29, 1.82) is 0 Å². The average molecular weight is 248 g/mol. The van der Waals surface area contributed by atoms with E-state index < -0.39 is 0 Å². The Morgan fingerprint density at radius 1 is 0.947 bits per heavy atom. The van der Waals surface area contributed by atoms with Crippen molar-refractivity contribution in [2.45, 2.75) is 12.8 Å². The SMILES string of the molecule is O=C=C(C=Cc1ccccc1)CCc1ccccc1. The van der Waals surface area contributed by atoms with Crippen molar-refractivity contribution in [1.82, 2.24) is 0 Å². The number of benzene rings is 2. The molecule has 0 aliphatic carbocycles. The standard InChI is InChI=1S/C18H16O/c19-15-18(13-11-16-7-3-1-4-8-16)14-12-17-9-5-2-6-10-17/h1-11,13H,12,14H2. The van der Waals surface area contributed by atoms with Gasteiger partial charge in [0.25, 0.3) is 0 Å². The third-order valence-corrected chi connectivity index (χ3v) is 2.93. The molecule has 19 heavy (non-hydrogen) atoms. The molecule has 0 spiro atoms. The van der Waals surface area contributed by atoms with E-state index in [0.717, 1.165) is 18.4 Å². The third-order valence-electron chi connectivity index (χ3n) is 2.93. The van der Waals surface area contributed by atoms with Crippen LogP contribution in [0.1, 0.15) is 17.5 Å². The van der Waals surface area contributed by atoms with Crippen molar-refractivity contribution in [2.24, 2.45) is 0 Å². The first-order valence-electron chi connectivity index (χ1n) is 6.39. The summed E-state index contributed by atoms with van der Waals surface area (Å²) >= 11 is 0. The van der Waals surface area contributed by atoms with Crippen LogP contribution < -0.4 is 0 Å². The van der Waals surface area contributed by atoms with Crippen LogP contribution in [0.15, 0.2) is 72.3 Å². The number of rotatable bonds is 5. The van der Waals surface area contributed by atoms with Crippen molar-refractivity contribution in [2.75, 3.05) is 0 Å². The van der Waals surface area contributed by atoms with E-state index in [2.05, 4.69) is 12.1 Å². The van der Waals surface area contributed by atoms with Gasteiger partial charge in [0.1, 0.15) is 5.94 Å². The Kier molecular flexibility index (Phi) is 4.92. The van der Waals surface area contributed by atoms with Crippen molar-refractivity contribution in [3.05, 3.63) is 83.4 Å². The van der Waals surface area contributed by atoms with Gasteiger partial charge in [-0.25, -0.2) is 4.79 Å². The molecule has 0 amide bonds. The minimum Gasteiger partial charge on any atom is -0.233 e. The second kappa shape index (κ2) is 7.15. The highest BCUT2D eigenvalue weighted by Gasteiger charge is 1.96. The minimum absolute atomic E-state index is 0.702. The lowest BCUT2D eigenvalue weighted by atomic mass is 10.0. The largest absolute Gasteiger partial charge is 0.233 e. The first-order valence-corrected chi connectivity index (χ1v) is 6.39. The van der Waals surface area contributed by atoms with Gasteiger partial charge in [-0.1, -0.05) is 66.7 Å². The van der Waals surface area contributed by atoms with Crippen LogP contribution in [0.4, 0.5) is 0 Å². The van der Waals surface area contributed by atoms with E-state index in [1.54, 1.807) is 0 Å². The van der Waals surface area contributed by atoms with Gasteiger partial charge in [0.05, 0.1) is 0 Å². The molecule has 0 atom stereocenters. The van der Waals surface area contributed by atoms with E-state index in [4.69, 9.17) is 0 Å². The number of aryl methyl sites for hydroxylation is 1. The van der Waals surface area contributed by atoms with Crippen LogP contribution in [0.2, 0.25) is 0 Å². The molecular formula is C18H16O. The fourth-order valence-corrected chi connectivity index (χ4v) is 1.85. The van der Waals surface area contributed by atoms with Crippen LogP contribution in [0.5, 0.6) is 0 Å². The Balaban J connectivity index is 1.95. The summed E-state index contributed by atoms with van der Waals surface area (Å²) in [6.45, 7) is 0. The van der Waals surface area contributed by atoms with Gasteiger partial charge in [0.15, 0.2) is 0 Å². The maximum Gasteiger partial charge on any atom is 0.127 e. The maximum atomic E-state index is 10.9. The molecule has 0 unspecified atom stereocenters. The van der Waals surface area contributed by atoms with Crippen molar-refractivity contribution in [3.8, 4) is 0 Å². The Bertz CT molecular complexity index is 576. The Hall–Kier alpha value is -2.37. The van der Waals surface area contributed by atoms with Crippen LogP contribution in [-0.2, 0) is 11.2 Å². The number of hydrogen-bond acceptors (Lipinski definition) is 1. The molecule has 2 aromatic rings. The second-order valence-corrected chi connectivity index (χ2v) is 4.36. The highest BCUT2D eigenvalue weighted by Crippen LogP contribution is 2.10. The molecule has 1 nitrogen and oxygen atoms in total. The van der Waals surface area contributed by atoms with Gasteiger partial charge in [0.2, 0.25) is 0 Å². The van der Waals surface area contributed by atoms with Gasteiger partial charge >= 0.3 is 0 Å². The zero-order valence-electron chi connectivity index (χ0n) is 10.8. The summed E-state index contributed by atoms with van der Waals surface area (Å²) in [4.78, 5) is 10.9. The molecular weight excluding hydrogens is 232 g/mol. The summed E-state index contributed by atoms with van der Waals surface area (Å²) in [6.07, 6.45) is 5.39. The van der Waals surface area contributed by atoms with Gasteiger partial charge in [0, 0.05) is 5.57 Å². The minimum atomic E-state index is 0.702. The Morgan fingerprint density at radius 2 is 1.58 bits per heavy atom. The first-order chi connectivity index (χ1) is 9.38. The summed E-state index contributed by atoms with van der Waals surface area (Å²) in [5.41, 5.74) is 3.03. The molecule has 2 rings (SSSR count). The monoisotopic (exact) mass is 248 g/mol. The lowest BCUT2D eigenvalue weighted by Gasteiger charge is -1.99. The van der Waals surface area contributed by atoms with E-state index in [9.17, 15) is 4.79 Å². The van der Waals surface area contributed by atoms with Gasteiger partial charge in [-0.15, -0.1) is 0 Å². The third kappa shape index (κ3) is 4.42. The smallest absolute Gasteiger partial charge is 0.127 e. The lowest BCUT2D eigenvalue weighted by molar-refractivity contribution is 0.566. The molecule has 1 heteroatoms. The molecule has 0 saturated heterocycles. The summed E-state index contributed by atoms with van der Waals surface area (Å²) in [5, 5.41) is 0. The zero-order valence-corrected chi connectivity index (χ0v) is 10.8. The molecule has 0 bridgehead atoms. The zero-order chi connectivity index (χ0) is 13.3. The summed E-state index contributed by atoms with van der Waals surface area (Å²) in [6, 6.07) is 20.1. The van der Waals surface area contributed by atoms with Crippen molar-refractivity contribution >= 4 is 12.0 Å². The molecule has 0 aliphatic heterocycles. The van der Waals surface area contributed by atoms with Gasteiger partial charge in [-0.3, -0.25) is 0 Å². The predicted molar refractivity (Wildman–Crippen MR) is 79.4 cm³/mol. The molecule has 0 heterocycles. The summed E-state index contributed by atoms with van der Waals surface area (Å²) < 4.78 is 0. The van der Waals surface area contributed by atoms with Crippen LogP contribution in [0, 0.1) is 0 Å². The Morgan fingerprint density at radius 3 is 2.21 bits per heavy atom. The van der Waals surface area contributed by atoms with Gasteiger partial charge in [-0.2, -0.15) is 0 Å². The molecule has 0 aliphatic rings. The van der Waals surface area contributed by atoms with Crippen molar-refractivity contribution < 1.29 is 4.79 Å².